The van der Waals surface area contributed by atoms with Gasteiger partial charge in [-0.1, -0.05) is 23.7 Å². The maximum absolute atomic E-state index is 10.1. The highest BCUT2D eigenvalue weighted by atomic mass is 16.5. The molecular weight excluding hydrogens is 251 g/mol. The Morgan fingerprint density at radius 2 is 1.85 bits per heavy atom. The minimum Gasteiger partial charge on any atom is -0.427 e. The van der Waals surface area contributed by atoms with E-state index in [1.807, 2.05) is 38.1 Å². The van der Waals surface area contributed by atoms with Gasteiger partial charge in [0.15, 0.2) is 0 Å². The summed E-state index contributed by atoms with van der Waals surface area (Å²) >= 11 is 0. The first-order valence-corrected chi connectivity index (χ1v) is 6.69. The summed E-state index contributed by atoms with van der Waals surface area (Å²) in [6, 6.07) is 7.88. The van der Waals surface area contributed by atoms with E-state index in [2.05, 4.69) is 4.98 Å². The number of fused-ring (bicyclic) bond motifs is 1. The molecule has 0 saturated heterocycles. The number of hydrogen-bond donors (Lipinski definition) is 2. The van der Waals surface area contributed by atoms with E-state index in [0.29, 0.717) is 13.3 Å². The third kappa shape index (κ3) is 3.11. The molecule has 0 aliphatic heterocycles. The van der Waals surface area contributed by atoms with E-state index in [4.69, 9.17) is 10.4 Å². The minimum absolute atomic E-state index is 0.442. The summed E-state index contributed by atoms with van der Waals surface area (Å²) in [6.45, 7) is 7.27. The zero-order valence-corrected chi connectivity index (χ0v) is 12.5. The monoisotopic (exact) mass is 272 g/mol. The third-order valence-corrected chi connectivity index (χ3v) is 3.88. The molecule has 0 spiro atoms. The molecule has 1 aromatic heterocycles. The maximum Gasteiger partial charge on any atom is 0.309 e. The number of nitrogens with zero attached hydrogens (tertiary/aromatic N) is 1. The summed E-state index contributed by atoms with van der Waals surface area (Å²) < 4.78 is 5.86. The second kappa shape index (κ2) is 5.07. The fourth-order valence-corrected chi connectivity index (χ4v) is 1.74. The molecule has 2 aromatic rings. The highest BCUT2D eigenvalue weighted by Crippen LogP contribution is 2.24. The molecule has 0 saturated carbocycles. The van der Waals surface area contributed by atoms with Gasteiger partial charge < -0.3 is 15.5 Å². The van der Waals surface area contributed by atoms with Crippen molar-refractivity contribution in [2.45, 2.75) is 38.9 Å². The zero-order valence-electron chi connectivity index (χ0n) is 12.5. The number of anilines is 1. The highest BCUT2D eigenvalue weighted by molar-refractivity contribution is 6.47. The van der Waals surface area contributed by atoms with Crippen LogP contribution in [0.4, 0.5) is 5.82 Å². The van der Waals surface area contributed by atoms with Gasteiger partial charge in [-0.15, -0.1) is 0 Å². The lowest BCUT2D eigenvalue weighted by molar-refractivity contribution is -0.0893. The Bertz CT molecular complexity index is 621. The Morgan fingerprint density at radius 3 is 2.50 bits per heavy atom. The zero-order chi connectivity index (χ0) is 15.0. The molecule has 0 amide bonds. The lowest BCUT2D eigenvalue weighted by Crippen LogP contribution is -2.49. The van der Waals surface area contributed by atoms with Gasteiger partial charge in [-0.2, -0.15) is 0 Å². The van der Waals surface area contributed by atoms with Crippen LogP contribution in [0.2, 0.25) is 0 Å². The van der Waals surface area contributed by atoms with Crippen LogP contribution in [0.5, 0.6) is 0 Å². The van der Waals surface area contributed by atoms with E-state index in [-0.39, 0.29) is 0 Å². The number of aromatic nitrogens is 1. The molecule has 2 rings (SSSR count). The van der Waals surface area contributed by atoms with Gasteiger partial charge in [-0.05, 0) is 44.5 Å². The number of pyridine rings is 1. The van der Waals surface area contributed by atoms with Crippen LogP contribution in [0.1, 0.15) is 27.7 Å². The predicted molar refractivity (Wildman–Crippen MR) is 84.4 cm³/mol. The van der Waals surface area contributed by atoms with Crippen LogP contribution in [0.3, 0.4) is 0 Å². The van der Waals surface area contributed by atoms with Gasteiger partial charge >= 0.3 is 7.48 Å². The quantitative estimate of drug-likeness (QED) is 0.825. The molecule has 0 atom stereocenters. The van der Waals surface area contributed by atoms with Crippen LogP contribution in [-0.4, -0.2) is 28.8 Å². The van der Waals surface area contributed by atoms with E-state index in [9.17, 15) is 5.11 Å². The molecule has 0 aliphatic rings. The van der Waals surface area contributed by atoms with Crippen LogP contribution < -0.4 is 11.2 Å². The van der Waals surface area contributed by atoms with Gasteiger partial charge in [0.05, 0.1) is 11.2 Å². The normalized spacial score (nSPS) is 12.7. The van der Waals surface area contributed by atoms with Crippen molar-refractivity contribution in [1.82, 2.24) is 4.98 Å². The molecule has 106 valence electrons. The Morgan fingerprint density at radius 1 is 1.15 bits per heavy atom. The number of nitrogens with two attached hydrogens (primary N) is 1. The van der Waals surface area contributed by atoms with Crippen LogP contribution in [0.15, 0.2) is 30.5 Å². The van der Waals surface area contributed by atoms with Crippen LogP contribution in [-0.2, 0) is 4.65 Å². The molecule has 3 N–H and O–H groups in total. The van der Waals surface area contributed by atoms with Gasteiger partial charge in [-0.3, -0.25) is 0 Å². The van der Waals surface area contributed by atoms with Crippen molar-refractivity contribution in [2.75, 3.05) is 5.73 Å². The average Bonchev–Trinajstić information content (AvgIpc) is 2.35. The molecule has 0 fully saturated rings. The lowest BCUT2D eigenvalue weighted by atomic mass is 9.82. The number of nitrogen functional groups attached to an aromatic ring is 1. The largest absolute Gasteiger partial charge is 0.427 e. The summed E-state index contributed by atoms with van der Waals surface area (Å²) in [5.74, 6) is 0.518. The Labute approximate surface area is 120 Å². The molecule has 1 aromatic carbocycles. The van der Waals surface area contributed by atoms with Crippen molar-refractivity contribution in [2.24, 2.45) is 0 Å². The standard InChI is InChI=1S/C15H21BN2O2/c1-14(2,19)15(3,4)20-16-12-6-5-10-8-13(17)18-9-11(10)7-12/h5-9,16,19H,1-4H3,(H2,17,18). The van der Waals surface area contributed by atoms with Crippen molar-refractivity contribution in [3.8, 4) is 0 Å². The number of aliphatic hydroxyl groups is 1. The van der Waals surface area contributed by atoms with Crippen LogP contribution in [0, 0.1) is 0 Å². The maximum atomic E-state index is 10.1. The minimum atomic E-state index is -0.903. The van der Waals surface area contributed by atoms with Crippen molar-refractivity contribution in [3.05, 3.63) is 30.5 Å². The Hall–Kier alpha value is -1.59. The molecular formula is C15H21BN2O2. The summed E-state index contributed by atoms with van der Waals surface area (Å²) in [4.78, 5) is 4.09. The Kier molecular flexibility index (Phi) is 3.76. The van der Waals surface area contributed by atoms with Gasteiger partial charge in [0, 0.05) is 6.20 Å². The van der Waals surface area contributed by atoms with E-state index < -0.39 is 11.2 Å². The fourth-order valence-electron chi connectivity index (χ4n) is 1.74. The van der Waals surface area contributed by atoms with Crippen LogP contribution in [0.25, 0.3) is 10.8 Å². The third-order valence-electron chi connectivity index (χ3n) is 3.88. The summed E-state index contributed by atoms with van der Waals surface area (Å²) in [7, 11) is 0.442. The second-order valence-corrected chi connectivity index (χ2v) is 6.15. The lowest BCUT2D eigenvalue weighted by Gasteiger charge is -2.37. The smallest absolute Gasteiger partial charge is 0.309 e. The summed E-state index contributed by atoms with van der Waals surface area (Å²) in [5.41, 5.74) is 5.18. The first-order chi connectivity index (χ1) is 9.19. The molecule has 20 heavy (non-hydrogen) atoms. The summed E-state index contributed by atoms with van der Waals surface area (Å²) in [6.07, 6.45) is 1.76. The van der Waals surface area contributed by atoms with E-state index in [1.54, 1.807) is 20.0 Å². The molecule has 0 radical (unpaired) electrons. The van der Waals surface area contributed by atoms with E-state index >= 15 is 0 Å². The summed E-state index contributed by atoms with van der Waals surface area (Å²) in [5, 5.41) is 12.2. The Balaban J connectivity index is 2.17. The fraction of sp³-hybridized carbons (Fsp3) is 0.400. The number of benzene rings is 1. The molecule has 1 heterocycles. The number of hydrogen-bond acceptors (Lipinski definition) is 4. The molecule has 4 nitrogen and oxygen atoms in total. The first-order valence-electron chi connectivity index (χ1n) is 6.69. The first kappa shape index (κ1) is 14.8. The topological polar surface area (TPSA) is 68.4 Å². The SMILES string of the molecule is CC(C)(O)C(C)(C)OBc1ccc2cc(N)ncc2c1. The highest BCUT2D eigenvalue weighted by Gasteiger charge is 2.35. The average molecular weight is 272 g/mol. The second-order valence-electron chi connectivity index (χ2n) is 6.15. The van der Waals surface area contributed by atoms with Crippen molar-refractivity contribution in [1.29, 1.82) is 0 Å². The molecule has 0 aliphatic carbocycles. The molecule has 5 heteroatoms. The predicted octanol–water partition coefficient (Wildman–Crippen LogP) is 1.36. The van der Waals surface area contributed by atoms with Gasteiger partial charge in [-0.25, -0.2) is 4.98 Å². The van der Waals surface area contributed by atoms with E-state index in [0.717, 1.165) is 16.2 Å². The van der Waals surface area contributed by atoms with Crippen LogP contribution >= 0.6 is 0 Å². The molecule has 0 unspecified atom stereocenters. The van der Waals surface area contributed by atoms with Gasteiger partial charge in [0.25, 0.3) is 0 Å². The van der Waals surface area contributed by atoms with Gasteiger partial charge in [0.1, 0.15) is 5.82 Å². The van der Waals surface area contributed by atoms with Gasteiger partial charge in [0.2, 0.25) is 0 Å². The van der Waals surface area contributed by atoms with Crippen molar-refractivity contribution < 1.29 is 9.76 Å². The van der Waals surface area contributed by atoms with E-state index in [1.165, 1.54) is 0 Å². The van der Waals surface area contributed by atoms with Crippen molar-refractivity contribution >= 4 is 29.5 Å². The van der Waals surface area contributed by atoms with Crippen molar-refractivity contribution in [3.63, 3.8) is 0 Å². The number of rotatable bonds is 4. The molecule has 0 bridgehead atoms.